The van der Waals surface area contributed by atoms with E-state index in [1.54, 1.807) is 4.68 Å². The molecule has 4 aromatic rings. The van der Waals surface area contributed by atoms with Crippen LogP contribution >= 0.6 is 0 Å². The highest BCUT2D eigenvalue weighted by atomic mass is 16.5. The van der Waals surface area contributed by atoms with Gasteiger partial charge in [-0.25, -0.2) is 14.6 Å². The van der Waals surface area contributed by atoms with E-state index in [9.17, 15) is 4.79 Å². The zero-order chi connectivity index (χ0) is 22.5. The Labute approximate surface area is 190 Å². The van der Waals surface area contributed by atoms with Gasteiger partial charge in [0, 0.05) is 37.0 Å². The van der Waals surface area contributed by atoms with Gasteiger partial charge in [-0.1, -0.05) is 23.8 Å². The molecule has 0 atom stereocenters. The van der Waals surface area contributed by atoms with Crippen molar-refractivity contribution in [1.82, 2.24) is 24.3 Å². The SMILES string of the molecule is Cc1cccc(-c2ccn(-c3cc(N4CCOCC4)c4nc(C(N)=O)n(C5CC5)c4n3)n2)c1. The van der Waals surface area contributed by atoms with Gasteiger partial charge in [0.1, 0.15) is 5.52 Å². The number of anilines is 1. The Morgan fingerprint density at radius 2 is 1.94 bits per heavy atom. The number of nitrogens with zero attached hydrogens (tertiary/aromatic N) is 6. The molecule has 3 aromatic heterocycles. The number of primary amides is 1. The second-order valence-corrected chi connectivity index (χ2v) is 8.69. The third kappa shape index (κ3) is 3.54. The standard InChI is InChI=1S/C24H25N7O2/c1-15-3-2-4-16(13-15)18-7-8-30(28-18)20-14-19(29-9-11-33-12-10-29)21-23(26-20)31(17-5-6-17)24(27-21)22(25)32/h2-4,7-8,13-14,17H,5-6,9-12H2,1H3,(H2,25,32). The molecule has 4 heterocycles. The van der Waals surface area contributed by atoms with Crippen molar-refractivity contribution in [2.45, 2.75) is 25.8 Å². The van der Waals surface area contributed by atoms with Crippen molar-refractivity contribution in [3.8, 4) is 17.1 Å². The van der Waals surface area contributed by atoms with Crippen LogP contribution in [0.3, 0.4) is 0 Å². The summed E-state index contributed by atoms with van der Waals surface area (Å²) in [7, 11) is 0. The van der Waals surface area contributed by atoms with Gasteiger partial charge in [0.05, 0.1) is 24.6 Å². The summed E-state index contributed by atoms with van der Waals surface area (Å²) in [5.41, 5.74) is 11.1. The molecule has 0 radical (unpaired) electrons. The molecule has 1 aromatic carbocycles. The number of amides is 1. The molecular formula is C24H25N7O2. The minimum atomic E-state index is -0.532. The van der Waals surface area contributed by atoms with E-state index in [0.29, 0.717) is 30.2 Å². The molecule has 2 N–H and O–H groups in total. The van der Waals surface area contributed by atoms with Crippen LogP contribution in [-0.4, -0.2) is 56.5 Å². The van der Waals surface area contributed by atoms with E-state index in [4.69, 9.17) is 20.6 Å². The number of nitrogens with two attached hydrogens (primary N) is 1. The number of carbonyl (C=O) groups is 1. The molecule has 168 valence electrons. The largest absolute Gasteiger partial charge is 0.378 e. The third-order valence-electron chi connectivity index (χ3n) is 6.24. The van der Waals surface area contributed by atoms with Crippen LogP contribution in [0.2, 0.25) is 0 Å². The van der Waals surface area contributed by atoms with Crippen LogP contribution in [0.5, 0.6) is 0 Å². The molecule has 6 rings (SSSR count). The number of hydrogen-bond donors (Lipinski definition) is 1. The van der Waals surface area contributed by atoms with Crippen molar-refractivity contribution in [2.75, 3.05) is 31.2 Å². The highest BCUT2D eigenvalue weighted by Crippen LogP contribution is 2.40. The van der Waals surface area contributed by atoms with Crippen LogP contribution in [0, 0.1) is 6.92 Å². The molecule has 9 nitrogen and oxygen atoms in total. The lowest BCUT2D eigenvalue weighted by atomic mass is 10.1. The monoisotopic (exact) mass is 443 g/mol. The average Bonchev–Trinajstić information content (AvgIpc) is 3.40. The Balaban J connectivity index is 1.52. The van der Waals surface area contributed by atoms with E-state index in [0.717, 1.165) is 42.9 Å². The molecule has 1 aliphatic carbocycles. The molecule has 1 amide bonds. The molecule has 2 fully saturated rings. The predicted octanol–water partition coefficient (Wildman–Crippen LogP) is 2.86. The Bertz CT molecular complexity index is 1360. The van der Waals surface area contributed by atoms with Gasteiger partial charge in [0.15, 0.2) is 11.5 Å². The van der Waals surface area contributed by atoms with Crippen LogP contribution in [0.1, 0.15) is 35.1 Å². The maximum atomic E-state index is 12.2. The maximum absolute atomic E-state index is 12.2. The number of rotatable bonds is 5. The summed E-state index contributed by atoms with van der Waals surface area (Å²) < 4.78 is 9.25. The van der Waals surface area contributed by atoms with Crippen molar-refractivity contribution in [2.24, 2.45) is 5.73 Å². The fourth-order valence-electron chi connectivity index (χ4n) is 4.46. The first-order valence-corrected chi connectivity index (χ1v) is 11.3. The fraction of sp³-hybridized carbons (Fsp3) is 0.333. The lowest BCUT2D eigenvalue weighted by Crippen LogP contribution is -2.36. The lowest BCUT2D eigenvalue weighted by molar-refractivity contribution is 0.0986. The summed E-state index contributed by atoms with van der Waals surface area (Å²) in [5.74, 6) is 0.420. The zero-order valence-corrected chi connectivity index (χ0v) is 18.4. The topological polar surface area (TPSA) is 104 Å². The first kappa shape index (κ1) is 19.9. The number of morpholine rings is 1. The number of benzene rings is 1. The second-order valence-electron chi connectivity index (χ2n) is 8.69. The summed E-state index contributed by atoms with van der Waals surface area (Å²) in [6, 6.07) is 12.5. The van der Waals surface area contributed by atoms with Crippen molar-refractivity contribution in [1.29, 1.82) is 0 Å². The zero-order valence-electron chi connectivity index (χ0n) is 18.4. The van der Waals surface area contributed by atoms with Gasteiger partial charge >= 0.3 is 0 Å². The molecule has 33 heavy (non-hydrogen) atoms. The molecule has 0 spiro atoms. The second kappa shape index (κ2) is 7.70. The number of pyridine rings is 1. The highest BCUT2D eigenvalue weighted by Gasteiger charge is 2.32. The first-order chi connectivity index (χ1) is 16.1. The van der Waals surface area contributed by atoms with Gasteiger partial charge in [-0.2, -0.15) is 5.10 Å². The number of carbonyl (C=O) groups excluding carboxylic acids is 1. The lowest BCUT2D eigenvalue weighted by Gasteiger charge is -2.29. The van der Waals surface area contributed by atoms with E-state index < -0.39 is 5.91 Å². The normalized spacial score (nSPS) is 16.5. The number of aryl methyl sites for hydroxylation is 1. The van der Waals surface area contributed by atoms with Gasteiger partial charge < -0.3 is 19.9 Å². The van der Waals surface area contributed by atoms with Crippen molar-refractivity contribution in [3.63, 3.8) is 0 Å². The summed E-state index contributed by atoms with van der Waals surface area (Å²) in [5, 5.41) is 4.81. The van der Waals surface area contributed by atoms with Crippen molar-refractivity contribution in [3.05, 3.63) is 54.0 Å². The van der Waals surface area contributed by atoms with E-state index in [1.807, 2.05) is 29.0 Å². The molecule has 2 aliphatic rings. The molecule has 1 saturated carbocycles. The molecule has 1 aliphatic heterocycles. The number of fused-ring (bicyclic) bond motifs is 1. The van der Waals surface area contributed by atoms with E-state index in [1.165, 1.54) is 5.56 Å². The minimum Gasteiger partial charge on any atom is -0.378 e. The Kier molecular flexibility index (Phi) is 4.65. The van der Waals surface area contributed by atoms with Crippen LogP contribution in [0.15, 0.2) is 42.6 Å². The summed E-state index contributed by atoms with van der Waals surface area (Å²) in [4.78, 5) is 24.0. The van der Waals surface area contributed by atoms with E-state index in [2.05, 4.69) is 35.0 Å². The van der Waals surface area contributed by atoms with Gasteiger partial charge in [-0.05, 0) is 31.9 Å². The molecule has 9 heteroatoms. The van der Waals surface area contributed by atoms with Crippen molar-refractivity contribution < 1.29 is 9.53 Å². The summed E-state index contributed by atoms with van der Waals surface area (Å²) in [6.07, 6.45) is 3.90. The van der Waals surface area contributed by atoms with Gasteiger partial charge in [0.25, 0.3) is 5.91 Å². The number of aromatic nitrogens is 5. The Morgan fingerprint density at radius 3 is 2.67 bits per heavy atom. The first-order valence-electron chi connectivity index (χ1n) is 11.3. The van der Waals surface area contributed by atoms with Crippen LogP contribution in [0.4, 0.5) is 5.69 Å². The molecular weight excluding hydrogens is 418 g/mol. The maximum Gasteiger partial charge on any atom is 0.284 e. The fourth-order valence-corrected chi connectivity index (χ4v) is 4.46. The minimum absolute atomic E-state index is 0.207. The highest BCUT2D eigenvalue weighted by molar-refractivity contribution is 5.97. The number of imidazole rings is 1. The smallest absolute Gasteiger partial charge is 0.284 e. The number of ether oxygens (including phenoxy) is 1. The quantitative estimate of drug-likeness (QED) is 0.509. The van der Waals surface area contributed by atoms with E-state index >= 15 is 0 Å². The average molecular weight is 444 g/mol. The molecule has 0 bridgehead atoms. The Hall–Kier alpha value is -3.72. The number of hydrogen-bond acceptors (Lipinski definition) is 6. The third-order valence-corrected chi connectivity index (χ3v) is 6.24. The van der Waals surface area contributed by atoms with Crippen LogP contribution in [0.25, 0.3) is 28.2 Å². The predicted molar refractivity (Wildman–Crippen MR) is 125 cm³/mol. The molecule has 0 unspecified atom stereocenters. The summed E-state index contributed by atoms with van der Waals surface area (Å²) >= 11 is 0. The van der Waals surface area contributed by atoms with Gasteiger partial charge in [-0.3, -0.25) is 4.79 Å². The summed E-state index contributed by atoms with van der Waals surface area (Å²) in [6.45, 7) is 4.84. The Morgan fingerprint density at radius 1 is 1.12 bits per heavy atom. The van der Waals surface area contributed by atoms with Crippen molar-refractivity contribution >= 4 is 22.8 Å². The van der Waals surface area contributed by atoms with Gasteiger partial charge in [-0.15, -0.1) is 0 Å². The van der Waals surface area contributed by atoms with Crippen LogP contribution in [-0.2, 0) is 4.74 Å². The van der Waals surface area contributed by atoms with Gasteiger partial charge in [0.2, 0.25) is 5.82 Å². The van der Waals surface area contributed by atoms with E-state index in [-0.39, 0.29) is 11.9 Å². The molecule has 1 saturated heterocycles. The van der Waals surface area contributed by atoms with Crippen LogP contribution < -0.4 is 10.6 Å².